The Labute approximate surface area is 110 Å². The van der Waals surface area contributed by atoms with Gasteiger partial charge in [0, 0.05) is 10.1 Å². The minimum absolute atomic E-state index is 0.0358. The SMILES string of the molecule is O=C(O)Cc1ccc(SC2CCCC2)c(Cl)c1. The van der Waals surface area contributed by atoms with Crippen LogP contribution < -0.4 is 0 Å². The molecule has 0 saturated heterocycles. The van der Waals surface area contributed by atoms with Gasteiger partial charge in [0.05, 0.1) is 11.4 Å². The molecule has 0 radical (unpaired) electrons. The predicted molar refractivity (Wildman–Crippen MR) is 70.9 cm³/mol. The molecule has 92 valence electrons. The number of carboxylic acids is 1. The fourth-order valence-corrected chi connectivity index (χ4v) is 3.69. The van der Waals surface area contributed by atoms with Gasteiger partial charge in [-0.3, -0.25) is 4.79 Å². The van der Waals surface area contributed by atoms with Crippen LogP contribution >= 0.6 is 23.4 Å². The maximum absolute atomic E-state index is 10.6. The average Bonchev–Trinajstić information content (AvgIpc) is 2.74. The number of halogens is 1. The lowest BCUT2D eigenvalue weighted by Crippen LogP contribution is -2.00. The molecular weight excluding hydrogens is 256 g/mol. The first-order valence-electron chi connectivity index (χ1n) is 5.82. The van der Waals surface area contributed by atoms with E-state index < -0.39 is 5.97 Å². The second-order valence-corrected chi connectivity index (χ2v) is 6.11. The van der Waals surface area contributed by atoms with Crippen LogP contribution in [0.3, 0.4) is 0 Å². The van der Waals surface area contributed by atoms with E-state index in [1.54, 1.807) is 6.07 Å². The molecule has 1 N–H and O–H groups in total. The monoisotopic (exact) mass is 270 g/mol. The van der Waals surface area contributed by atoms with Crippen LogP contribution in [0.1, 0.15) is 31.2 Å². The Kier molecular flexibility index (Phi) is 4.35. The molecule has 0 spiro atoms. The highest BCUT2D eigenvalue weighted by molar-refractivity contribution is 8.00. The van der Waals surface area contributed by atoms with Crippen molar-refractivity contribution in [1.82, 2.24) is 0 Å². The summed E-state index contributed by atoms with van der Waals surface area (Å²) < 4.78 is 0. The molecule has 0 amide bonds. The molecule has 17 heavy (non-hydrogen) atoms. The molecule has 4 heteroatoms. The Bertz CT molecular complexity index is 414. The van der Waals surface area contributed by atoms with Gasteiger partial charge in [0.1, 0.15) is 0 Å². The minimum atomic E-state index is -0.822. The number of benzene rings is 1. The van der Waals surface area contributed by atoms with E-state index in [-0.39, 0.29) is 6.42 Å². The minimum Gasteiger partial charge on any atom is -0.481 e. The molecule has 1 aliphatic carbocycles. The molecular formula is C13H15ClO2S. The number of carbonyl (C=O) groups is 1. The zero-order valence-corrected chi connectivity index (χ0v) is 11.1. The van der Waals surface area contributed by atoms with E-state index in [4.69, 9.17) is 16.7 Å². The molecule has 0 aromatic heterocycles. The topological polar surface area (TPSA) is 37.3 Å². The van der Waals surface area contributed by atoms with Gasteiger partial charge in [0.15, 0.2) is 0 Å². The van der Waals surface area contributed by atoms with Crippen LogP contribution in [0, 0.1) is 0 Å². The molecule has 0 bridgehead atoms. The molecule has 0 heterocycles. The highest BCUT2D eigenvalue weighted by Gasteiger charge is 2.17. The van der Waals surface area contributed by atoms with Crippen molar-refractivity contribution in [1.29, 1.82) is 0 Å². The van der Waals surface area contributed by atoms with E-state index in [1.807, 2.05) is 23.9 Å². The second-order valence-electron chi connectivity index (χ2n) is 4.36. The van der Waals surface area contributed by atoms with Gasteiger partial charge < -0.3 is 5.11 Å². The Morgan fingerprint density at radius 1 is 1.41 bits per heavy atom. The van der Waals surface area contributed by atoms with Crippen molar-refractivity contribution >= 4 is 29.3 Å². The summed E-state index contributed by atoms with van der Waals surface area (Å²) in [4.78, 5) is 11.7. The van der Waals surface area contributed by atoms with Crippen LogP contribution in [0.2, 0.25) is 5.02 Å². The summed E-state index contributed by atoms with van der Waals surface area (Å²) in [6.45, 7) is 0. The van der Waals surface area contributed by atoms with Crippen LogP contribution in [-0.4, -0.2) is 16.3 Å². The first kappa shape index (κ1) is 12.8. The van der Waals surface area contributed by atoms with Crippen molar-refractivity contribution in [2.75, 3.05) is 0 Å². The zero-order chi connectivity index (χ0) is 12.3. The van der Waals surface area contributed by atoms with Crippen LogP contribution in [0.4, 0.5) is 0 Å². The third kappa shape index (κ3) is 3.65. The quantitative estimate of drug-likeness (QED) is 0.898. The second kappa shape index (κ2) is 5.78. The molecule has 0 aliphatic heterocycles. The van der Waals surface area contributed by atoms with Crippen LogP contribution in [-0.2, 0) is 11.2 Å². The van der Waals surface area contributed by atoms with Crippen molar-refractivity contribution in [3.8, 4) is 0 Å². The van der Waals surface area contributed by atoms with Crippen LogP contribution in [0.25, 0.3) is 0 Å². The standard InChI is InChI=1S/C13H15ClO2S/c14-11-7-9(8-13(15)16)5-6-12(11)17-10-3-1-2-4-10/h5-7,10H,1-4,8H2,(H,15,16). The van der Waals surface area contributed by atoms with Crippen LogP contribution in [0.5, 0.6) is 0 Å². The summed E-state index contributed by atoms with van der Waals surface area (Å²) in [7, 11) is 0. The smallest absolute Gasteiger partial charge is 0.307 e. The molecule has 2 rings (SSSR count). The first-order valence-corrected chi connectivity index (χ1v) is 7.08. The first-order chi connectivity index (χ1) is 8.15. The normalized spacial score (nSPS) is 16.3. The largest absolute Gasteiger partial charge is 0.481 e. The maximum Gasteiger partial charge on any atom is 0.307 e. The third-order valence-electron chi connectivity index (χ3n) is 2.95. The Balaban J connectivity index is 2.05. The van der Waals surface area contributed by atoms with Crippen molar-refractivity contribution in [2.45, 2.75) is 42.2 Å². The fraction of sp³-hybridized carbons (Fsp3) is 0.462. The van der Waals surface area contributed by atoms with E-state index in [9.17, 15) is 4.79 Å². The molecule has 0 atom stereocenters. The number of hydrogen-bond donors (Lipinski definition) is 1. The number of hydrogen-bond acceptors (Lipinski definition) is 2. The lowest BCUT2D eigenvalue weighted by Gasteiger charge is -2.10. The summed E-state index contributed by atoms with van der Waals surface area (Å²) in [5, 5.41) is 10.1. The van der Waals surface area contributed by atoms with E-state index >= 15 is 0 Å². The van der Waals surface area contributed by atoms with Gasteiger partial charge in [-0.05, 0) is 30.5 Å². The molecule has 0 unspecified atom stereocenters. The molecule has 1 aromatic rings. The summed E-state index contributed by atoms with van der Waals surface area (Å²) >= 11 is 8.00. The van der Waals surface area contributed by atoms with Gasteiger partial charge in [0.25, 0.3) is 0 Å². The zero-order valence-electron chi connectivity index (χ0n) is 9.49. The number of carboxylic acid groups (broad SMARTS) is 1. The van der Waals surface area contributed by atoms with Crippen molar-refractivity contribution in [3.63, 3.8) is 0 Å². The highest BCUT2D eigenvalue weighted by atomic mass is 35.5. The summed E-state index contributed by atoms with van der Waals surface area (Å²) in [5.74, 6) is -0.822. The molecule has 1 aromatic carbocycles. The molecule has 1 fully saturated rings. The summed E-state index contributed by atoms with van der Waals surface area (Å²) in [6.07, 6.45) is 5.18. The van der Waals surface area contributed by atoms with E-state index in [1.165, 1.54) is 25.7 Å². The lowest BCUT2D eigenvalue weighted by atomic mass is 10.1. The maximum atomic E-state index is 10.6. The average molecular weight is 271 g/mol. The number of thioether (sulfide) groups is 1. The highest BCUT2D eigenvalue weighted by Crippen LogP contribution is 2.38. The fourth-order valence-electron chi connectivity index (χ4n) is 2.11. The molecule has 2 nitrogen and oxygen atoms in total. The predicted octanol–water partition coefficient (Wildman–Crippen LogP) is 4.00. The summed E-state index contributed by atoms with van der Waals surface area (Å²) in [6, 6.07) is 5.58. The van der Waals surface area contributed by atoms with Gasteiger partial charge >= 0.3 is 5.97 Å². The van der Waals surface area contributed by atoms with Crippen molar-refractivity contribution < 1.29 is 9.90 Å². The van der Waals surface area contributed by atoms with Crippen LogP contribution in [0.15, 0.2) is 23.1 Å². The summed E-state index contributed by atoms with van der Waals surface area (Å²) in [5.41, 5.74) is 0.762. The Morgan fingerprint density at radius 3 is 2.71 bits per heavy atom. The van der Waals surface area contributed by atoms with Gasteiger partial charge in [-0.15, -0.1) is 11.8 Å². The van der Waals surface area contributed by atoms with Gasteiger partial charge in [0.2, 0.25) is 0 Å². The van der Waals surface area contributed by atoms with Gasteiger partial charge in [-0.1, -0.05) is 30.5 Å². The van der Waals surface area contributed by atoms with Gasteiger partial charge in [-0.2, -0.15) is 0 Å². The van der Waals surface area contributed by atoms with Gasteiger partial charge in [-0.25, -0.2) is 0 Å². The number of rotatable bonds is 4. The van der Waals surface area contributed by atoms with E-state index in [2.05, 4.69) is 0 Å². The van der Waals surface area contributed by atoms with Crippen molar-refractivity contribution in [2.24, 2.45) is 0 Å². The molecule has 1 aliphatic rings. The molecule has 1 saturated carbocycles. The van der Waals surface area contributed by atoms with E-state index in [0.29, 0.717) is 10.3 Å². The lowest BCUT2D eigenvalue weighted by molar-refractivity contribution is -0.136. The number of aliphatic carboxylic acids is 1. The van der Waals surface area contributed by atoms with E-state index in [0.717, 1.165) is 10.5 Å². The third-order valence-corrected chi connectivity index (χ3v) is 4.79. The Hall–Kier alpha value is -0.670. The Morgan fingerprint density at radius 2 is 2.12 bits per heavy atom. The van der Waals surface area contributed by atoms with Crippen molar-refractivity contribution in [3.05, 3.63) is 28.8 Å².